The summed E-state index contributed by atoms with van der Waals surface area (Å²) >= 11 is 0. The number of carbonyl (C=O) groups excluding carboxylic acids is 3. The van der Waals surface area contributed by atoms with Crippen molar-refractivity contribution in [3.05, 3.63) is 0 Å². The topological polar surface area (TPSA) is 69.7 Å². The van der Waals surface area contributed by atoms with Crippen LogP contribution in [0.2, 0.25) is 0 Å². The molecule has 20 heavy (non-hydrogen) atoms. The standard InChI is InChI=1S/C14H21N3O3/c1-9(18)16-4-6-17(7-5-16)14(20)12-8-11(12)13(19)15-10-2-3-10/h10-12H,2-8H2,1H3,(H,15,19). The van der Waals surface area contributed by atoms with Crippen molar-refractivity contribution < 1.29 is 14.4 Å². The molecule has 0 aromatic carbocycles. The zero-order valence-electron chi connectivity index (χ0n) is 11.8. The molecule has 1 N–H and O–H groups in total. The summed E-state index contributed by atoms with van der Waals surface area (Å²) in [6.07, 6.45) is 2.83. The normalized spacial score (nSPS) is 29.1. The van der Waals surface area contributed by atoms with E-state index < -0.39 is 0 Å². The maximum atomic E-state index is 12.3. The summed E-state index contributed by atoms with van der Waals surface area (Å²) in [5.41, 5.74) is 0. The smallest absolute Gasteiger partial charge is 0.226 e. The van der Waals surface area contributed by atoms with Crippen molar-refractivity contribution in [3.8, 4) is 0 Å². The number of carbonyl (C=O) groups is 3. The van der Waals surface area contributed by atoms with E-state index in [4.69, 9.17) is 0 Å². The molecular weight excluding hydrogens is 258 g/mol. The van der Waals surface area contributed by atoms with E-state index in [-0.39, 0.29) is 29.6 Å². The van der Waals surface area contributed by atoms with E-state index in [1.807, 2.05) is 0 Å². The van der Waals surface area contributed by atoms with Crippen LogP contribution in [0, 0.1) is 11.8 Å². The van der Waals surface area contributed by atoms with Gasteiger partial charge >= 0.3 is 0 Å². The van der Waals surface area contributed by atoms with E-state index in [0.29, 0.717) is 38.6 Å². The van der Waals surface area contributed by atoms with Crippen LogP contribution < -0.4 is 5.32 Å². The number of nitrogens with zero attached hydrogens (tertiary/aromatic N) is 2. The molecule has 0 bridgehead atoms. The van der Waals surface area contributed by atoms with Crippen molar-refractivity contribution in [3.63, 3.8) is 0 Å². The second-order valence-corrected chi connectivity index (χ2v) is 6.06. The minimum Gasteiger partial charge on any atom is -0.353 e. The summed E-state index contributed by atoms with van der Waals surface area (Å²) in [5, 5.41) is 2.96. The second-order valence-electron chi connectivity index (χ2n) is 6.06. The summed E-state index contributed by atoms with van der Waals surface area (Å²) in [6.45, 7) is 3.94. The Balaban J connectivity index is 1.46. The molecule has 3 fully saturated rings. The van der Waals surface area contributed by atoms with Crippen molar-refractivity contribution in [2.75, 3.05) is 26.2 Å². The van der Waals surface area contributed by atoms with Crippen LogP contribution in [0.25, 0.3) is 0 Å². The summed E-state index contributed by atoms with van der Waals surface area (Å²) in [6, 6.07) is 0.359. The second kappa shape index (κ2) is 5.07. The van der Waals surface area contributed by atoms with Crippen LogP contribution in [-0.2, 0) is 14.4 Å². The van der Waals surface area contributed by atoms with E-state index in [1.165, 1.54) is 0 Å². The summed E-state index contributed by atoms with van der Waals surface area (Å²) in [7, 11) is 0. The highest BCUT2D eigenvalue weighted by molar-refractivity contribution is 5.92. The van der Waals surface area contributed by atoms with Crippen LogP contribution in [0.1, 0.15) is 26.2 Å². The molecule has 6 nitrogen and oxygen atoms in total. The van der Waals surface area contributed by atoms with Gasteiger partial charge in [-0.1, -0.05) is 0 Å². The van der Waals surface area contributed by atoms with E-state index in [9.17, 15) is 14.4 Å². The van der Waals surface area contributed by atoms with Crippen molar-refractivity contribution in [1.82, 2.24) is 15.1 Å². The van der Waals surface area contributed by atoms with E-state index in [0.717, 1.165) is 12.8 Å². The Kier molecular flexibility index (Phi) is 3.40. The largest absolute Gasteiger partial charge is 0.353 e. The third-order valence-electron chi connectivity index (χ3n) is 4.40. The van der Waals surface area contributed by atoms with Crippen LogP contribution in [0.4, 0.5) is 0 Å². The Labute approximate surface area is 118 Å². The first kappa shape index (κ1) is 13.4. The fourth-order valence-corrected chi connectivity index (χ4v) is 2.77. The first-order chi connectivity index (χ1) is 9.56. The number of nitrogens with one attached hydrogen (secondary N) is 1. The van der Waals surface area contributed by atoms with Gasteiger partial charge in [0.2, 0.25) is 17.7 Å². The molecule has 2 atom stereocenters. The van der Waals surface area contributed by atoms with Crippen LogP contribution in [0.5, 0.6) is 0 Å². The Morgan fingerprint density at radius 1 is 0.950 bits per heavy atom. The molecule has 2 unspecified atom stereocenters. The van der Waals surface area contributed by atoms with Gasteiger partial charge in [-0.25, -0.2) is 0 Å². The van der Waals surface area contributed by atoms with Crippen molar-refractivity contribution in [2.24, 2.45) is 11.8 Å². The Morgan fingerprint density at radius 2 is 1.55 bits per heavy atom. The highest BCUT2D eigenvalue weighted by Gasteiger charge is 2.50. The van der Waals surface area contributed by atoms with Gasteiger partial charge in [-0.15, -0.1) is 0 Å². The average molecular weight is 279 g/mol. The van der Waals surface area contributed by atoms with Gasteiger partial charge < -0.3 is 15.1 Å². The van der Waals surface area contributed by atoms with Gasteiger partial charge in [-0.3, -0.25) is 14.4 Å². The molecule has 0 radical (unpaired) electrons. The van der Waals surface area contributed by atoms with Gasteiger partial charge in [0.05, 0.1) is 11.8 Å². The fraction of sp³-hybridized carbons (Fsp3) is 0.786. The molecule has 6 heteroatoms. The first-order valence-electron chi connectivity index (χ1n) is 7.41. The number of hydrogen-bond acceptors (Lipinski definition) is 3. The average Bonchev–Trinajstić information content (AvgIpc) is 3.31. The van der Waals surface area contributed by atoms with Gasteiger partial charge in [0.1, 0.15) is 0 Å². The highest BCUT2D eigenvalue weighted by atomic mass is 16.2. The summed E-state index contributed by atoms with van der Waals surface area (Å²) in [4.78, 5) is 39.0. The van der Waals surface area contributed by atoms with Crippen LogP contribution in [-0.4, -0.2) is 59.7 Å². The van der Waals surface area contributed by atoms with Crippen molar-refractivity contribution in [2.45, 2.75) is 32.2 Å². The first-order valence-corrected chi connectivity index (χ1v) is 7.41. The molecule has 3 aliphatic rings. The van der Waals surface area contributed by atoms with Gasteiger partial charge in [0, 0.05) is 39.1 Å². The van der Waals surface area contributed by atoms with Crippen molar-refractivity contribution in [1.29, 1.82) is 0 Å². The predicted molar refractivity (Wildman–Crippen MR) is 71.6 cm³/mol. The zero-order chi connectivity index (χ0) is 14.3. The quantitative estimate of drug-likeness (QED) is 0.763. The number of rotatable bonds is 3. The van der Waals surface area contributed by atoms with E-state index in [1.54, 1.807) is 16.7 Å². The van der Waals surface area contributed by atoms with Crippen LogP contribution >= 0.6 is 0 Å². The molecule has 110 valence electrons. The Bertz CT molecular complexity index is 439. The molecule has 1 saturated heterocycles. The minimum absolute atomic E-state index is 0.0493. The molecule has 1 aliphatic heterocycles. The maximum absolute atomic E-state index is 12.3. The summed E-state index contributed by atoms with van der Waals surface area (Å²) in [5.74, 6) is -0.0471. The van der Waals surface area contributed by atoms with Gasteiger partial charge in [0.25, 0.3) is 0 Å². The Morgan fingerprint density at radius 3 is 2.10 bits per heavy atom. The van der Waals surface area contributed by atoms with Crippen molar-refractivity contribution >= 4 is 17.7 Å². The third-order valence-corrected chi connectivity index (χ3v) is 4.40. The zero-order valence-corrected chi connectivity index (χ0v) is 11.8. The third kappa shape index (κ3) is 2.78. The van der Waals surface area contributed by atoms with E-state index >= 15 is 0 Å². The van der Waals surface area contributed by atoms with Crippen LogP contribution in [0.3, 0.4) is 0 Å². The fourth-order valence-electron chi connectivity index (χ4n) is 2.77. The molecule has 3 amide bonds. The predicted octanol–water partition coefficient (Wildman–Crippen LogP) is -0.408. The lowest BCUT2D eigenvalue weighted by molar-refractivity contribution is -0.140. The lowest BCUT2D eigenvalue weighted by atomic mass is 10.2. The van der Waals surface area contributed by atoms with Crippen LogP contribution in [0.15, 0.2) is 0 Å². The number of hydrogen-bond donors (Lipinski definition) is 1. The summed E-state index contributed by atoms with van der Waals surface area (Å²) < 4.78 is 0. The SMILES string of the molecule is CC(=O)N1CCN(C(=O)C2CC2C(=O)NC2CC2)CC1. The molecule has 2 saturated carbocycles. The van der Waals surface area contributed by atoms with Gasteiger partial charge in [-0.2, -0.15) is 0 Å². The molecule has 0 spiro atoms. The molecule has 3 rings (SSSR count). The molecule has 0 aromatic rings. The lowest BCUT2D eigenvalue weighted by Crippen LogP contribution is -2.50. The number of amides is 3. The maximum Gasteiger partial charge on any atom is 0.226 e. The van der Waals surface area contributed by atoms with Gasteiger partial charge in [-0.05, 0) is 19.3 Å². The molecule has 0 aromatic heterocycles. The van der Waals surface area contributed by atoms with Gasteiger partial charge in [0.15, 0.2) is 0 Å². The monoisotopic (exact) mass is 279 g/mol. The molecular formula is C14H21N3O3. The molecule has 1 heterocycles. The minimum atomic E-state index is -0.127. The Hall–Kier alpha value is -1.59. The lowest BCUT2D eigenvalue weighted by Gasteiger charge is -2.34. The number of piperazine rings is 1. The highest BCUT2D eigenvalue weighted by Crippen LogP contribution is 2.41. The van der Waals surface area contributed by atoms with E-state index in [2.05, 4.69) is 5.32 Å². The molecule has 2 aliphatic carbocycles.